The van der Waals surface area contributed by atoms with Crippen LogP contribution in [0.1, 0.15) is 18.7 Å². The molecule has 6 nitrogen and oxygen atoms in total. The molecule has 21 heavy (non-hydrogen) atoms. The SMILES string of the molecule is NCCCCn1c(CO)nc2c(N)nc3ccccc3c21. The van der Waals surface area contributed by atoms with Gasteiger partial charge in [-0.25, -0.2) is 9.97 Å². The zero-order valence-corrected chi connectivity index (χ0v) is 11.8. The molecule has 0 fully saturated rings. The summed E-state index contributed by atoms with van der Waals surface area (Å²) in [6, 6.07) is 7.84. The number of aliphatic hydroxyl groups is 1. The van der Waals surface area contributed by atoms with Gasteiger partial charge in [0.05, 0.1) is 11.0 Å². The number of anilines is 1. The van der Waals surface area contributed by atoms with E-state index in [2.05, 4.69) is 9.97 Å². The number of hydrogen-bond donors (Lipinski definition) is 3. The summed E-state index contributed by atoms with van der Waals surface area (Å²) in [4.78, 5) is 8.84. The van der Waals surface area contributed by atoms with E-state index < -0.39 is 0 Å². The Morgan fingerprint density at radius 1 is 1.14 bits per heavy atom. The Balaban J connectivity index is 2.27. The molecule has 0 spiro atoms. The van der Waals surface area contributed by atoms with Gasteiger partial charge in [0.25, 0.3) is 0 Å². The number of hydrogen-bond acceptors (Lipinski definition) is 5. The Kier molecular flexibility index (Phi) is 3.72. The van der Waals surface area contributed by atoms with Gasteiger partial charge in [0.1, 0.15) is 17.9 Å². The molecular formula is C15H19N5O. The summed E-state index contributed by atoms with van der Waals surface area (Å²) < 4.78 is 2.03. The maximum Gasteiger partial charge on any atom is 0.152 e. The summed E-state index contributed by atoms with van der Waals surface area (Å²) in [6.45, 7) is 1.30. The number of aryl methyl sites for hydroxylation is 1. The van der Waals surface area contributed by atoms with E-state index in [-0.39, 0.29) is 6.61 Å². The van der Waals surface area contributed by atoms with E-state index in [4.69, 9.17) is 11.5 Å². The molecule has 0 aliphatic rings. The molecule has 2 aromatic heterocycles. The maximum atomic E-state index is 9.57. The highest BCUT2D eigenvalue weighted by atomic mass is 16.3. The normalized spacial score (nSPS) is 11.5. The van der Waals surface area contributed by atoms with E-state index in [0.29, 0.717) is 23.7 Å². The lowest BCUT2D eigenvalue weighted by Gasteiger charge is -2.09. The number of para-hydroxylation sites is 1. The zero-order valence-electron chi connectivity index (χ0n) is 11.8. The average molecular weight is 285 g/mol. The van der Waals surface area contributed by atoms with Crippen LogP contribution in [0.3, 0.4) is 0 Å². The number of unbranched alkanes of at least 4 members (excludes halogenated alkanes) is 1. The Labute approximate surface area is 122 Å². The minimum Gasteiger partial charge on any atom is -0.388 e. The molecule has 3 rings (SSSR count). The van der Waals surface area contributed by atoms with Crippen LogP contribution in [0.25, 0.3) is 21.9 Å². The van der Waals surface area contributed by atoms with E-state index in [1.54, 1.807) is 0 Å². The third kappa shape index (κ3) is 2.32. The fraction of sp³-hybridized carbons (Fsp3) is 0.333. The van der Waals surface area contributed by atoms with Crippen LogP contribution in [0.15, 0.2) is 24.3 Å². The zero-order chi connectivity index (χ0) is 14.8. The van der Waals surface area contributed by atoms with E-state index in [0.717, 1.165) is 35.8 Å². The molecular weight excluding hydrogens is 266 g/mol. The van der Waals surface area contributed by atoms with Gasteiger partial charge in [-0.15, -0.1) is 0 Å². The molecule has 0 radical (unpaired) electrons. The van der Waals surface area contributed by atoms with Crippen molar-refractivity contribution < 1.29 is 5.11 Å². The minimum absolute atomic E-state index is 0.120. The minimum atomic E-state index is -0.120. The molecule has 0 saturated heterocycles. The van der Waals surface area contributed by atoms with Crippen molar-refractivity contribution in [1.82, 2.24) is 14.5 Å². The first-order valence-corrected chi connectivity index (χ1v) is 7.10. The van der Waals surface area contributed by atoms with Crippen LogP contribution in [0.5, 0.6) is 0 Å². The summed E-state index contributed by atoms with van der Waals surface area (Å²) in [6.07, 6.45) is 1.87. The Morgan fingerprint density at radius 2 is 1.95 bits per heavy atom. The van der Waals surface area contributed by atoms with Gasteiger partial charge >= 0.3 is 0 Å². The number of nitrogens with two attached hydrogens (primary N) is 2. The number of aliphatic hydroxyl groups excluding tert-OH is 1. The molecule has 0 amide bonds. The van der Waals surface area contributed by atoms with E-state index in [1.807, 2.05) is 28.8 Å². The molecule has 5 N–H and O–H groups in total. The van der Waals surface area contributed by atoms with Gasteiger partial charge in [-0.1, -0.05) is 18.2 Å². The van der Waals surface area contributed by atoms with Gasteiger partial charge in [-0.05, 0) is 25.5 Å². The number of rotatable bonds is 5. The van der Waals surface area contributed by atoms with Crippen molar-refractivity contribution in [3.8, 4) is 0 Å². The first kappa shape index (κ1) is 13.8. The van der Waals surface area contributed by atoms with Gasteiger partial charge in [0.15, 0.2) is 5.82 Å². The van der Waals surface area contributed by atoms with Crippen LogP contribution in [0, 0.1) is 0 Å². The van der Waals surface area contributed by atoms with Crippen molar-refractivity contribution in [2.45, 2.75) is 26.0 Å². The number of fused-ring (bicyclic) bond motifs is 3. The number of benzene rings is 1. The van der Waals surface area contributed by atoms with Crippen molar-refractivity contribution >= 4 is 27.8 Å². The van der Waals surface area contributed by atoms with Gasteiger partial charge in [0.2, 0.25) is 0 Å². The van der Waals surface area contributed by atoms with Crippen LogP contribution < -0.4 is 11.5 Å². The number of nitrogens with zero attached hydrogens (tertiary/aromatic N) is 3. The Hall–Kier alpha value is -2.18. The van der Waals surface area contributed by atoms with Crippen molar-refractivity contribution in [3.05, 3.63) is 30.1 Å². The van der Waals surface area contributed by atoms with Crippen molar-refractivity contribution in [2.75, 3.05) is 12.3 Å². The van der Waals surface area contributed by atoms with Crippen LogP contribution in [-0.2, 0) is 13.2 Å². The second kappa shape index (κ2) is 5.67. The maximum absolute atomic E-state index is 9.57. The molecule has 0 bridgehead atoms. The Morgan fingerprint density at radius 3 is 2.71 bits per heavy atom. The fourth-order valence-corrected chi connectivity index (χ4v) is 2.68. The summed E-state index contributed by atoms with van der Waals surface area (Å²) in [5, 5.41) is 10.6. The molecule has 3 aromatic rings. The standard InChI is InChI=1S/C15H19N5O/c16-7-3-4-8-20-12(9-21)19-13-14(20)10-5-1-2-6-11(10)18-15(13)17/h1-2,5-6,21H,3-4,7-9,16H2,(H2,17,18). The lowest BCUT2D eigenvalue weighted by atomic mass is 10.2. The molecule has 0 atom stereocenters. The highest BCUT2D eigenvalue weighted by molar-refractivity contribution is 6.06. The third-order valence-electron chi connectivity index (χ3n) is 3.67. The van der Waals surface area contributed by atoms with Crippen LogP contribution >= 0.6 is 0 Å². The molecule has 6 heteroatoms. The monoisotopic (exact) mass is 285 g/mol. The first-order valence-electron chi connectivity index (χ1n) is 7.10. The van der Waals surface area contributed by atoms with Crippen LogP contribution in [0.4, 0.5) is 5.82 Å². The summed E-state index contributed by atoms with van der Waals surface area (Å²) in [5.74, 6) is 1.02. The summed E-state index contributed by atoms with van der Waals surface area (Å²) in [5.41, 5.74) is 14.0. The van der Waals surface area contributed by atoms with E-state index >= 15 is 0 Å². The number of aromatic nitrogens is 3. The van der Waals surface area contributed by atoms with Gasteiger partial charge in [-0.3, -0.25) is 0 Å². The second-order valence-electron chi connectivity index (χ2n) is 5.04. The first-order chi connectivity index (χ1) is 10.3. The molecule has 0 aliphatic carbocycles. The molecule has 0 saturated carbocycles. The molecule has 2 heterocycles. The van der Waals surface area contributed by atoms with Crippen molar-refractivity contribution in [3.63, 3.8) is 0 Å². The molecule has 0 aliphatic heterocycles. The number of imidazole rings is 1. The molecule has 110 valence electrons. The highest BCUT2D eigenvalue weighted by Gasteiger charge is 2.16. The fourth-order valence-electron chi connectivity index (χ4n) is 2.68. The highest BCUT2D eigenvalue weighted by Crippen LogP contribution is 2.29. The smallest absolute Gasteiger partial charge is 0.152 e. The molecule has 1 aromatic carbocycles. The van der Waals surface area contributed by atoms with Crippen LogP contribution in [-0.4, -0.2) is 26.2 Å². The summed E-state index contributed by atoms with van der Waals surface area (Å²) >= 11 is 0. The quantitative estimate of drug-likeness (QED) is 0.615. The lowest BCUT2D eigenvalue weighted by Crippen LogP contribution is -2.07. The predicted molar refractivity (Wildman–Crippen MR) is 83.7 cm³/mol. The van der Waals surface area contributed by atoms with Gasteiger partial charge in [-0.2, -0.15) is 0 Å². The van der Waals surface area contributed by atoms with E-state index in [9.17, 15) is 5.11 Å². The largest absolute Gasteiger partial charge is 0.388 e. The summed E-state index contributed by atoms with van der Waals surface area (Å²) in [7, 11) is 0. The molecule has 0 unspecified atom stereocenters. The van der Waals surface area contributed by atoms with Crippen molar-refractivity contribution in [1.29, 1.82) is 0 Å². The predicted octanol–water partition coefficient (Wildman–Crippen LogP) is 1.40. The van der Waals surface area contributed by atoms with Gasteiger partial charge in [0, 0.05) is 11.9 Å². The van der Waals surface area contributed by atoms with E-state index in [1.165, 1.54) is 0 Å². The topological polar surface area (TPSA) is 103 Å². The number of nitrogen functional groups attached to an aromatic ring is 1. The second-order valence-corrected chi connectivity index (χ2v) is 5.04. The number of pyridine rings is 1. The lowest BCUT2D eigenvalue weighted by molar-refractivity contribution is 0.265. The van der Waals surface area contributed by atoms with Gasteiger partial charge < -0.3 is 21.1 Å². The van der Waals surface area contributed by atoms with Crippen molar-refractivity contribution in [2.24, 2.45) is 5.73 Å². The average Bonchev–Trinajstić information content (AvgIpc) is 2.87. The van der Waals surface area contributed by atoms with Crippen LogP contribution in [0.2, 0.25) is 0 Å². The third-order valence-corrected chi connectivity index (χ3v) is 3.67. The Bertz CT molecular complexity index is 780.